The van der Waals surface area contributed by atoms with Crippen LogP contribution in [0, 0.1) is 0 Å². The predicted octanol–water partition coefficient (Wildman–Crippen LogP) is 0.584. The maximum absolute atomic E-state index is 11.9. The van der Waals surface area contributed by atoms with Gasteiger partial charge in [0, 0.05) is 38.4 Å². The first kappa shape index (κ1) is 12.6. The van der Waals surface area contributed by atoms with Gasteiger partial charge in [0.2, 0.25) is 5.91 Å². The number of hydrogen-bond acceptors (Lipinski definition) is 4. The summed E-state index contributed by atoms with van der Waals surface area (Å²) in [4.78, 5) is 31.5. The number of nitrogens with one attached hydrogen (secondary N) is 2. The van der Waals surface area contributed by atoms with Crippen LogP contribution in [0.15, 0.2) is 17.2 Å². The Balaban J connectivity index is 1.76. The van der Waals surface area contributed by atoms with Gasteiger partial charge in [-0.2, -0.15) is 0 Å². The third kappa shape index (κ3) is 3.32. The van der Waals surface area contributed by atoms with Gasteiger partial charge >= 0.3 is 0 Å². The molecule has 1 aromatic rings. The molecule has 0 saturated carbocycles. The number of aromatic nitrogens is 2. The number of H-pyrrole nitrogens is 1. The van der Waals surface area contributed by atoms with Crippen LogP contribution >= 0.6 is 0 Å². The number of piperidine rings is 1. The van der Waals surface area contributed by atoms with Gasteiger partial charge < -0.3 is 15.2 Å². The summed E-state index contributed by atoms with van der Waals surface area (Å²) in [6.45, 7) is 2.17. The largest absolute Gasteiger partial charge is 0.365 e. The van der Waals surface area contributed by atoms with Gasteiger partial charge in [0.1, 0.15) is 0 Å². The Morgan fingerprint density at radius 2 is 2.17 bits per heavy atom. The van der Waals surface area contributed by atoms with Gasteiger partial charge in [0.25, 0.3) is 5.56 Å². The number of rotatable bonds is 4. The topological polar surface area (TPSA) is 78.1 Å². The number of carbonyl (C=O) groups excluding carboxylic acids is 1. The fourth-order valence-corrected chi connectivity index (χ4v) is 2.07. The molecule has 2 N–H and O–H groups in total. The van der Waals surface area contributed by atoms with Crippen molar-refractivity contribution in [3.8, 4) is 0 Å². The number of hydrogen-bond donors (Lipinski definition) is 2. The van der Waals surface area contributed by atoms with Gasteiger partial charge in [-0.1, -0.05) is 0 Å². The summed E-state index contributed by atoms with van der Waals surface area (Å²) in [5.74, 6) is 0.415. The molecule has 18 heavy (non-hydrogen) atoms. The molecule has 1 aliphatic heterocycles. The molecule has 1 aliphatic rings. The number of aromatic amines is 1. The second kappa shape index (κ2) is 6.18. The van der Waals surface area contributed by atoms with Gasteiger partial charge in [0.05, 0.1) is 0 Å². The van der Waals surface area contributed by atoms with Crippen molar-refractivity contribution in [3.05, 3.63) is 22.7 Å². The van der Waals surface area contributed by atoms with Crippen molar-refractivity contribution in [2.45, 2.75) is 25.7 Å². The zero-order valence-corrected chi connectivity index (χ0v) is 10.3. The molecule has 0 aromatic carbocycles. The Morgan fingerprint density at radius 1 is 1.39 bits per heavy atom. The van der Waals surface area contributed by atoms with E-state index in [0.29, 0.717) is 13.0 Å². The van der Waals surface area contributed by atoms with E-state index < -0.39 is 0 Å². The van der Waals surface area contributed by atoms with Crippen LogP contribution in [0.5, 0.6) is 0 Å². The van der Waals surface area contributed by atoms with E-state index in [1.807, 2.05) is 4.90 Å². The Morgan fingerprint density at radius 3 is 2.89 bits per heavy atom. The van der Waals surface area contributed by atoms with Gasteiger partial charge in [-0.25, -0.2) is 4.98 Å². The summed E-state index contributed by atoms with van der Waals surface area (Å²) in [5, 5.41) is 2.88. The van der Waals surface area contributed by atoms with Crippen molar-refractivity contribution in [1.82, 2.24) is 14.9 Å². The second-order valence-electron chi connectivity index (χ2n) is 4.39. The van der Waals surface area contributed by atoms with Gasteiger partial charge in [-0.05, 0) is 19.3 Å². The van der Waals surface area contributed by atoms with Crippen LogP contribution in [0.4, 0.5) is 5.82 Å². The van der Waals surface area contributed by atoms with Crippen LogP contribution in [-0.2, 0) is 4.79 Å². The lowest BCUT2D eigenvalue weighted by Crippen LogP contribution is -2.36. The van der Waals surface area contributed by atoms with Crippen LogP contribution in [0.1, 0.15) is 25.7 Å². The average molecular weight is 250 g/mol. The van der Waals surface area contributed by atoms with Crippen molar-refractivity contribution >= 4 is 11.7 Å². The van der Waals surface area contributed by atoms with Crippen LogP contribution in [0.2, 0.25) is 0 Å². The zero-order chi connectivity index (χ0) is 12.8. The van der Waals surface area contributed by atoms with Gasteiger partial charge in [-0.15, -0.1) is 0 Å². The second-order valence-corrected chi connectivity index (χ2v) is 4.39. The van der Waals surface area contributed by atoms with E-state index in [1.165, 1.54) is 18.8 Å². The highest BCUT2D eigenvalue weighted by Crippen LogP contribution is 2.09. The van der Waals surface area contributed by atoms with E-state index in [0.717, 1.165) is 25.9 Å². The van der Waals surface area contributed by atoms with Crippen molar-refractivity contribution < 1.29 is 4.79 Å². The number of nitrogens with zero attached hydrogens (tertiary/aromatic N) is 2. The normalized spacial score (nSPS) is 15.4. The van der Waals surface area contributed by atoms with Gasteiger partial charge in [0.15, 0.2) is 5.82 Å². The molecule has 0 atom stereocenters. The predicted molar refractivity (Wildman–Crippen MR) is 68.4 cm³/mol. The highest BCUT2D eigenvalue weighted by Gasteiger charge is 2.15. The molecule has 1 amide bonds. The van der Waals surface area contributed by atoms with Crippen molar-refractivity contribution in [2.75, 3.05) is 25.0 Å². The molecule has 0 bridgehead atoms. The molecule has 0 unspecified atom stereocenters. The molecular formula is C12H18N4O2. The van der Waals surface area contributed by atoms with Crippen molar-refractivity contribution in [2.24, 2.45) is 0 Å². The molecule has 1 fully saturated rings. The third-order valence-corrected chi connectivity index (χ3v) is 3.05. The lowest BCUT2D eigenvalue weighted by atomic mass is 10.1. The summed E-state index contributed by atoms with van der Waals surface area (Å²) in [7, 11) is 0. The number of likely N-dealkylation sites (tertiary alicyclic amines) is 1. The van der Waals surface area contributed by atoms with Crippen LogP contribution in [0.3, 0.4) is 0 Å². The van der Waals surface area contributed by atoms with E-state index >= 15 is 0 Å². The monoisotopic (exact) mass is 250 g/mol. The highest BCUT2D eigenvalue weighted by atomic mass is 16.2. The minimum atomic E-state index is -0.261. The number of carbonyl (C=O) groups is 1. The molecule has 6 heteroatoms. The van der Waals surface area contributed by atoms with E-state index in [9.17, 15) is 9.59 Å². The smallest absolute Gasteiger partial charge is 0.290 e. The molecule has 0 radical (unpaired) electrons. The Labute approximate surface area is 105 Å². The minimum absolute atomic E-state index is 0.148. The molecule has 0 aliphatic carbocycles. The van der Waals surface area contributed by atoms with E-state index in [-0.39, 0.29) is 17.3 Å². The Kier molecular flexibility index (Phi) is 4.33. The summed E-state index contributed by atoms with van der Waals surface area (Å²) in [5.41, 5.74) is -0.261. The number of anilines is 1. The molecule has 2 rings (SSSR count). The molecule has 6 nitrogen and oxygen atoms in total. The molecular weight excluding hydrogens is 232 g/mol. The van der Waals surface area contributed by atoms with E-state index in [4.69, 9.17) is 0 Å². The first-order chi connectivity index (χ1) is 8.77. The zero-order valence-electron chi connectivity index (χ0n) is 10.3. The van der Waals surface area contributed by atoms with Crippen molar-refractivity contribution in [1.29, 1.82) is 0 Å². The van der Waals surface area contributed by atoms with Gasteiger partial charge in [-0.3, -0.25) is 9.59 Å². The SMILES string of the molecule is O=C(CCNc1ncc[nH]c1=O)N1CCCCC1. The molecule has 98 valence electrons. The fourth-order valence-electron chi connectivity index (χ4n) is 2.07. The number of amides is 1. The molecule has 1 saturated heterocycles. The first-order valence-electron chi connectivity index (χ1n) is 6.33. The fraction of sp³-hybridized carbons (Fsp3) is 0.583. The summed E-state index contributed by atoms with van der Waals surface area (Å²) >= 11 is 0. The van der Waals surface area contributed by atoms with Crippen LogP contribution < -0.4 is 10.9 Å². The summed E-state index contributed by atoms with van der Waals surface area (Å²) < 4.78 is 0. The summed E-state index contributed by atoms with van der Waals surface area (Å²) in [6.07, 6.45) is 6.79. The molecule has 2 heterocycles. The minimum Gasteiger partial charge on any atom is -0.365 e. The quantitative estimate of drug-likeness (QED) is 0.819. The highest BCUT2D eigenvalue weighted by molar-refractivity contribution is 5.76. The van der Waals surface area contributed by atoms with E-state index in [1.54, 1.807) is 0 Å². The van der Waals surface area contributed by atoms with E-state index in [2.05, 4.69) is 15.3 Å². The summed E-state index contributed by atoms with van der Waals surface area (Å²) in [6, 6.07) is 0. The first-order valence-corrected chi connectivity index (χ1v) is 6.33. The lowest BCUT2D eigenvalue weighted by Gasteiger charge is -2.26. The average Bonchev–Trinajstić information content (AvgIpc) is 2.42. The molecule has 0 spiro atoms. The Hall–Kier alpha value is -1.85. The molecule has 1 aromatic heterocycles. The standard InChI is InChI=1S/C12H18N4O2/c17-10(16-8-2-1-3-9-16)4-5-13-11-12(18)15-7-6-14-11/h6-7H,1-5,8-9H2,(H,13,14)(H,15,18). The Bertz CT molecular complexity index is 451. The van der Waals surface area contributed by atoms with Crippen LogP contribution in [0.25, 0.3) is 0 Å². The lowest BCUT2D eigenvalue weighted by molar-refractivity contribution is -0.131. The van der Waals surface area contributed by atoms with Crippen LogP contribution in [-0.4, -0.2) is 40.4 Å². The maximum Gasteiger partial charge on any atom is 0.290 e. The third-order valence-electron chi connectivity index (χ3n) is 3.05. The van der Waals surface area contributed by atoms with Crippen molar-refractivity contribution in [3.63, 3.8) is 0 Å². The maximum atomic E-state index is 11.9.